The summed E-state index contributed by atoms with van der Waals surface area (Å²) >= 11 is 0. The van der Waals surface area contributed by atoms with E-state index in [1.807, 2.05) is 24.3 Å². The number of aliphatic hydroxyl groups excluding tert-OH is 2. The van der Waals surface area contributed by atoms with Crippen LogP contribution in [0.25, 0.3) is 0 Å². The van der Waals surface area contributed by atoms with Gasteiger partial charge < -0.3 is 30.3 Å². The minimum atomic E-state index is -0.515. The van der Waals surface area contributed by atoms with E-state index < -0.39 is 12.2 Å². The molecule has 6 heteroatoms. The second-order valence-corrected chi connectivity index (χ2v) is 8.18. The second kappa shape index (κ2) is 11.6. The summed E-state index contributed by atoms with van der Waals surface area (Å²) in [6, 6.07) is 8.42. The fourth-order valence-electron chi connectivity index (χ4n) is 4.00. The zero-order valence-corrected chi connectivity index (χ0v) is 16.8. The molecular weight excluding hydrogens is 356 g/mol. The molecule has 1 aromatic rings. The summed E-state index contributed by atoms with van der Waals surface area (Å²) in [5.74, 6) is 1.41. The smallest absolute Gasteiger partial charge is 0.119 e. The number of hydrogen-bond donors (Lipinski definition) is 4. The Labute approximate surface area is 168 Å². The van der Waals surface area contributed by atoms with Crippen molar-refractivity contribution in [2.45, 2.75) is 75.7 Å². The molecule has 2 unspecified atom stereocenters. The van der Waals surface area contributed by atoms with Crippen LogP contribution < -0.4 is 20.1 Å². The molecule has 2 atom stereocenters. The van der Waals surface area contributed by atoms with Gasteiger partial charge in [-0.2, -0.15) is 0 Å². The molecule has 2 aliphatic rings. The Morgan fingerprint density at radius 2 is 1.07 bits per heavy atom. The van der Waals surface area contributed by atoms with Gasteiger partial charge in [-0.25, -0.2) is 0 Å². The molecule has 0 aromatic heterocycles. The molecular formula is C22H36N2O4. The molecule has 0 spiro atoms. The van der Waals surface area contributed by atoms with Crippen LogP contribution in [-0.4, -0.2) is 60.8 Å². The van der Waals surface area contributed by atoms with E-state index in [0.717, 1.165) is 0 Å². The van der Waals surface area contributed by atoms with Gasteiger partial charge in [0.1, 0.15) is 36.9 Å². The van der Waals surface area contributed by atoms with E-state index in [1.54, 1.807) is 0 Å². The van der Waals surface area contributed by atoms with Crippen LogP contribution in [0.15, 0.2) is 24.3 Å². The van der Waals surface area contributed by atoms with E-state index >= 15 is 0 Å². The minimum absolute atomic E-state index is 0.269. The van der Waals surface area contributed by atoms with Crippen LogP contribution in [0.4, 0.5) is 0 Å². The molecule has 3 rings (SSSR count). The molecule has 0 bridgehead atoms. The largest absolute Gasteiger partial charge is 0.491 e. The van der Waals surface area contributed by atoms with Crippen LogP contribution in [0.1, 0.15) is 51.4 Å². The Morgan fingerprint density at radius 1 is 0.714 bits per heavy atom. The molecule has 0 aliphatic heterocycles. The summed E-state index contributed by atoms with van der Waals surface area (Å²) < 4.78 is 11.3. The van der Waals surface area contributed by atoms with Gasteiger partial charge in [-0.3, -0.25) is 0 Å². The summed E-state index contributed by atoms with van der Waals surface area (Å²) in [7, 11) is 0. The summed E-state index contributed by atoms with van der Waals surface area (Å²) in [6.07, 6.45) is 8.94. The molecule has 6 nitrogen and oxygen atoms in total. The average Bonchev–Trinajstić information content (AvgIpc) is 3.42. The van der Waals surface area contributed by atoms with Crippen molar-refractivity contribution in [3.8, 4) is 11.5 Å². The molecule has 2 aliphatic carbocycles. The van der Waals surface area contributed by atoms with Gasteiger partial charge in [-0.05, 0) is 49.9 Å². The first-order valence-corrected chi connectivity index (χ1v) is 10.9. The highest BCUT2D eigenvalue weighted by atomic mass is 16.5. The summed E-state index contributed by atoms with van der Waals surface area (Å²) in [4.78, 5) is 0. The first-order chi connectivity index (χ1) is 13.7. The molecule has 1 aromatic carbocycles. The number of ether oxygens (including phenoxy) is 2. The van der Waals surface area contributed by atoms with Crippen molar-refractivity contribution in [1.82, 2.24) is 10.6 Å². The lowest BCUT2D eigenvalue weighted by molar-refractivity contribution is 0.102. The fourth-order valence-corrected chi connectivity index (χ4v) is 4.00. The number of nitrogens with one attached hydrogen (secondary N) is 2. The maximum Gasteiger partial charge on any atom is 0.119 e. The SMILES string of the molecule is OC(CNC1CCCC1)COc1ccc(OCC(O)CNC2CCCC2)cc1. The van der Waals surface area contributed by atoms with Gasteiger partial charge in [-0.15, -0.1) is 0 Å². The Morgan fingerprint density at radius 3 is 1.43 bits per heavy atom. The van der Waals surface area contributed by atoms with Gasteiger partial charge in [0.15, 0.2) is 0 Å². The van der Waals surface area contributed by atoms with Crippen molar-refractivity contribution in [2.75, 3.05) is 26.3 Å². The molecule has 28 heavy (non-hydrogen) atoms. The van der Waals surface area contributed by atoms with Crippen LogP contribution in [0.2, 0.25) is 0 Å². The zero-order chi connectivity index (χ0) is 19.6. The van der Waals surface area contributed by atoms with Crippen LogP contribution in [0.5, 0.6) is 11.5 Å². The molecule has 2 fully saturated rings. The Kier molecular flexibility index (Phi) is 8.86. The first-order valence-electron chi connectivity index (χ1n) is 10.9. The van der Waals surface area contributed by atoms with E-state index in [9.17, 15) is 10.2 Å². The fraction of sp³-hybridized carbons (Fsp3) is 0.727. The highest BCUT2D eigenvalue weighted by Gasteiger charge is 2.17. The molecule has 158 valence electrons. The molecule has 0 heterocycles. The molecule has 0 amide bonds. The monoisotopic (exact) mass is 392 g/mol. The third kappa shape index (κ3) is 7.59. The zero-order valence-electron chi connectivity index (χ0n) is 16.8. The summed E-state index contributed by atoms with van der Waals surface area (Å²) in [5.41, 5.74) is 0. The summed E-state index contributed by atoms with van der Waals surface area (Å²) in [5, 5.41) is 26.9. The first kappa shape index (κ1) is 21.4. The summed E-state index contributed by atoms with van der Waals surface area (Å²) in [6.45, 7) is 1.67. The lowest BCUT2D eigenvalue weighted by atomic mass is 10.2. The van der Waals surface area contributed by atoms with Gasteiger partial charge in [-0.1, -0.05) is 25.7 Å². The van der Waals surface area contributed by atoms with Crippen LogP contribution in [-0.2, 0) is 0 Å². The lowest BCUT2D eigenvalue weighted by Crippen LogP contribution is -2.36. The standard InChI is InChI=1S/C22H36N2O4/c25-19(13-23-17-5-1-2-6-17)15-27-21-9-11-22(12-10-21)28-16-20(26)14-24-18-7-3-4-8-18/h9-12,17-20,23-26H,1-8,13-16H2. The van der Waals surface area contributed by atoms with Gasteiger partial charge in [0.2, 0.25) is 0 Å². The van der Waals surface area contributed by atoms with Gasteiger partial charge >= 0.3 is 0 Å². The van der Waals surface area contributed by atoms with Crippen molar-refractivity contribution >= 4 is 0 Å². The van der Waals surface area contributed by atoms with Crippen molar-refractivity contribution in [2.24, 2.45) is 0 Å². The Bertz CT molecular complexity index is 493. The molecule has 0 saturated heterocycles. The third-order valence-electron chi connectivity index (χ3n) is 5.70. The van der Waals surface area contributed by atoms with E-state index in [4.69, 9.17) is 9.47 Å². The maximum absolute atomic E-state index is 10.1. The van der Waals surface area contributed by atoms with Crippen LogP contribution >= 0.6 is 0 Å². The normalized spacial score (nSPS) is 20.4. The Balaban J connectivity index is 1.28. The minimum Gasteiger partial charge on any atom is -0.491 e. The molecule has 4 N–H and O–H groups in total. The van der Waals surface area contributed by atoms with E-state index in [0.29, 0.717) is 36.7 Å². The number of rotatable bonds is 12. The molecule has 0 radical (unpaired) electrons. The van der Waals surface area contributed by atoms with E-state index in [2.05, 4.69) is 10.6 Å². The number of benzene rings is 1. The van der Waals surface area contributed by atoms with Crippen molar-refractivity contribution in [3.63, 3.8) is 0 Å². The Hall–Kier alpha value is -1.34. The topological polar surface area (TPSA) is 83.0 Å². The van der Waals surface area contributed by atoms with E-state index in [1.165, 1.54) is 51.4 Å². The average molecular weight is 393 g/mol. The van der Waals surface area contributed by atoms with Crippen molar-refractivity contribution in [1.29, 1.82) is 0 Å². The highest BCUT2D eigenvalue weighted by Crippen LogP contribution is 2.20. The quantitative estimate of drug-likeness (QED) is 0.437. The number of hydrogen-bond acceptors (Lipinski definition) is 6. The third-order valence-corrected chi connectivity index (χ3v) is 5.70. The van der Waals surface area contributed by atoms with Gasteiger partial charge in [0, 0.05) is 25.2 Å². The lowest BCUT2D eigenvalue weighted by Gasteiger charge is -2.17. The maximum atomic E-state index is 10.1. The van der Waals surface area contributed by atoms with Crippen LogP contribution in [0, 0.1) is 0 Å². The predicted octanol–water partition coefficient (Wildman–Crippen LogP) is 2.23. The molecule has 2 saturated carbocycles. The predicted molar refractivity (Wildman–Crippen MR) is 110 cm³/mol. The number of aliphatic hydroxyl groups is 2. The van der Waals surface area contributed by atoms with Gasteiger partial charge in [0.05, 0.1) is 0 Å². The highest BCUT2D eigenvalue weighted by molar-refractivity contribution is 5.31. The van der Waals surface area contributed by atoms with Crippen molar-refractivity contribution < 1.29 is 19.7 Å². The van der Waals surface area contributed by atoms with Gasteiger partial charge in [0.25, 0.3) is 0 Å². The van der Waals surface area contributed by atoms with Crippen molar-refractivity contribution in [3.05, 3.63) is 24.3 Å². The van der Waals surface area contributed by atoms with Crippen LogP contribution in [0.3, 0.4) is 0 Å². The second-order valence-electron chi connectivity index (χ2n) is 8.18. The van der Waals surface area contributed by atoms with E-state index in [-0.39, 0.29) is 13.2 Å².